The second-order valence-electron chi connectivity index (χ2n) is 4.92. The first kappa shape index (κ1) is 12.7. The molecule has 0 aromatic carbocycles. The van der Waals surface area contributed by atoms with Crippen molar-refractivity contribution in [1.82, 2.24) is 14.6 Å². The molecule has 1 atom stereocenters. The van der Waals surface area contributed by atoms with Gasteiger partial charge in [0.05, 0.1) is 17.6 Å². The van der Waals surface area contributed by atoms with Crippen LogP contribution in [0.5, 0.6) is 0 Å². The molecule has 19 heavy (non-hydrogen) atoms. The minimum absolute atomic E-state index is 0.135. The van der Waals surface area contributed by atoms with E-state index in [1.165, 1.54) is 17.6 Å². The van der Waals surface area contributed by atoms with Gasteiger partial charge in [0.2, 0.25) is 0 Å². The maximum Gasteiger partial charge on any atom is 0.401 e. The van der Waals surface area contributed by atoms with E-state index in [2.05, 4.69) is 26.0 Å². The summed E-state index contributed by atoms with van der Waals surface area (Å²) in [5, 5.41) is 4.07. The van der Waals surface area contributed by atoms with Crippen LogP contribution in [-0.2, 0) is 5.41 Å². The Balaban J connectivity index is 2.38. The number of hydrogen-bond acceptors (Lipinski definition) is 3. The summed E-state index contributed by atoms with van der Waals surface area (Å²) in [6.45, 7) is 1.06. The highest BCUT2D eigenvalue weighted by Gasteiger charge is 2.59. The van der Waals surface area contributed by atoms with Crippen LogP contribution in [-0.4, -0.2) is 34.4 Å². The molecule has 0 fully saturated rings. The summed E-state index contributed by atoms with van der Waals surface area (Å²) in [5.41, 5.74) is -0.957. The summed E-state index contributed by atoms with van der Waals surface area (Å²) in [5.74, 6) is 0. The zero-order valence-corrected chi connectivity index (χ0v) is 11.7. The molecule has 8 heteroatoms. The lowest BCUT2D eigenvalue weighted by Gasteiger charge is -2.27. The molecule has 0 N–H and O–H groups in total. The topological polar surface area (TPSA) is 33.4 Å². The maximum absolute atomic E-state index is 13.4. The lowest BCUT2D eigenvalue weighted by molar-refractivity contribution is -0.181. The highest BCUT2D eigenvalue weighted by molar-refractivity contribution is 9.10. The molecule has 102 valence electrons. The number of likely N-dealkylation sites (N-methyl/N-ethyl adjacent to an activating group) is 1. The third kappa shape index (κ3) is 1.58. The number of rotatable bonds is 0. The Labute approximate surface area is 115 Å². The average molecular weight is 335 g/mol. The Morgan fingerprint density at radius 3 is 2.74 bits per heavy atom. The highest BCUT2D eigenvalue weighted by atomic mass is 79.9. The third-order valence-corrected chi connectivity index (χ3v) is 3.93. The second kappa shape index (κ2) is 3.62. The monoisotopic (exact) mass is 334 g/mol. The van der Waals surface area contributed by atoms with Crippen molar-refractivity contribution >= 4 is 27.3 Å². The molecule has 0 saturated carbocycles. The molecule has 0 saturated heterocycles. The van der Waals surface area contributed by atoms with Crippen LogP contribution in [0.2, 0.25) is 0 Å². The largest absolute Gasteiger partial charge is 0.401 e. The first-order valence-corrected chi connectivity index (χ1v) is 6.36. The van der Waals surface area contributed by atoms with E-state index < -0.39 is 11.6 Å². The molecule has 3 rings (SSSR count). The van der Waals surface area contributed by atoms with E-state index in [1.54, 1.807) is 18.0 Å². The van der Waals surface area contributed by atoms with Gasteiger partial charge in [-0.25, -0.2) is 9.50 Å². The first-order chi connectivity index (χ1) is 8.74. The molecule has 3 heterocycles. The molecule has 0 radical (unpaired) electrons. The Hall–Kier alpha value is -1.31. The van der Waals surface area contributed by atoms with Gasteiger partial charge >= 0.3 is 6.18 Å². The fourth-order valence-electron chi connectivity index (χ4n) is 2.55. The number of hydrogen-bond donors (Lipinski definition) is 0. The zero-order valence-electron chi connectivity index (χ0n) is 10.2. The van der Waals surface area contributed by atoms with Gasteiger partial charge in [-0.3, -0.25) is 0 Å². The Bertz CT molecular complexity index is 666. The van der Waals surface area contributed by atoms with E-state index in [0.717, 1.165) is 0 Å². The van der Waals surface area contributed by atoms with Crippen molar-refractivity contribution in [2.45, 2.75) is 18.5 Å². The van der Waals surface area contributed by atoms with Crippen LogP contribution in [0.3, 0.4) is 0 Å². The highest BCUT2D eigenvalue weighted by Crippen LogP contribution is 2.49. The molecule has 1 unspecified atom stereocenters. The number of aromatic nitrogens is 3. The fraction of sp³-hybridized carbons (Fsp3) is 0.455. The van der Waals surface area contributed by atoms with E-state index in [9.17, 15) is 13.2 Å². The third-order valence-electron chi connectivity index (χ3n) is 3.55. The van der Waals surface area contributed by atoms with Gasteiger partial charge in [-0.15, -0.1) is 0 Å². The van der Waals surface area contributed by atoms with Crippen molar-refractivity contribution < 1.29 is 13.2 Å². The Morgan fingerprint density at radius 1 is 1.42 bits per heavy atom. The lowest BCUT2D eigenvalue weighted by Crippen LogP contribution is -2.43. The molecule has 0 aliphatic carbocycles. The van der Waals surface area contributed by atoms with Crippen molar-refractivity contribution in [1.29, 1.82) is 0 Å². The molecule has 2 aromatic rings. The normalized spacial score (nSPS) is 23.2. The molecule has 4 nitrogen and oxygen atoms in total. The Morgan fingerprint density at radius 2 is 2.11 bits per heavy atom. The van der Waals surface area contributed by atoms with E-state index in [1.807, 2.05) is 0 Å². The summed E-state index contributed by atoms with van der Waals surface area (Å²) in [6.07, 6.45) is -2.88. The lowest BCUT2D eigenvalue weighted by atomic mass is 9.88. The van der Waals surface area contributed by atoms with Crippen molar-refractivity contribution in [3.63, 3.8) is 0 Å². The van der Waals surface area contributed by atoms with Crippen LogP contribution in [0.4, 0.5) is 18.9 Å². The second-order valence-corrected chi connectivity index (χ2v) is 5.73. The number of anilines is 1. The van der Waals surface area contributed by atoms with E-state index in [0.29, 0.717) is 15.9 Å². The Kier molecular flexibility index (Phi) is 2.42. The van der Waals surface area contributed by atoms with Crippen LogP contribution in [0, 0.1) is 0 Å². The molecule has 2 aromatic heterocycles. The van der Waals surface area contributed by atoms with Crippen LogP contribution < -0.4 is 4.90 Å². The van der Waals surface area contributed by atoms with Crippen LogP contribution in [0.15, 0.2) is 16.9 Å². The van der Waals surface area contributed by atoms with Gasteiger partial charge < -0.3 is 4.90 Å². The quantitative estimate of drug-likeness (QED) is 0.742. The number of fused-ring (bicyclic) bond motifs is 3. The van der Waals surface area contributed by atoms with Gasteiger partial charge in [0.1, 0.15) is 10.0 Å². The predicted molar refractivity (Wildman–Crippen MR) is 67.4 cm³/mol. The number of halogens is 4. The summed E-state index contributed by atoms with van der Waals surface area (Å²) in [6, 6.07) is 1.59. The van der Waals surface area contributed by atoms with Crippen LogP contribution in [0.1, 0.15) is 12.6 Å². The van der Waals surface area contributed by atoms with E-state index in [4.69, 9.17) is 0 Å². The number of alkyl halides is 3. The fourth-order valence-corrected chi connectivity index (χ4v) is 2.91. The molecular weight excluding hydrogens is 325 g/mol. The molecule has 1 aliphatic heterocycles. The SMILES string of the molecule is CN1CC(C)(C(F)(F)F)c2c1cnc1cc(Br)nn21. The minimum atomic E-state index is -4.35. The van der Waals surface area contributed by atoms with E-state index in [-0.39, 0.29) is 12.2 Å². The average Bonchev–Trinajstić information content (AvgIpc) is 2.76. The zero-order chi connectivity index (χ0) is 14.0. The van der Waals surface area contributed by atoms with Crippen molar-refractivity contribution in [2.75, 3.05) is 18.5 Å². The maximum atomic E-state index is 13.4. The summed E-state index contributed by atoms with van der Waals surface area (Å²) < 4.78 is 42.0. The van der Waals surface area contributed by atoms with Crippen LogP contribution >= 0.6 is 15.9 Å². The van der Waals surface area contributed by atoms with Gasteiger partial charge in [0.25, 0.3) is 0 Å². The van der Waals surface area contributed by atoms with Gasteiger partial charge in [-0.05, 0) is 22.9 Å². The van der Waals surface area contributed by atoms with Crippen LogP contribution in [0.25, 0.3) is 5.65 Å². The molecule has 1 aliphatic rings. The van der Waals surface area contributed by atoms with Crippen molar-refractivity contribution in [3.05, 3.63) is 22.6 Å². The smallest absolute Gasteiger partial charge is 0.371 e. The van der Waals surface area contributed by atoms with Crippen molar-refractivity contribution in [3.8, 4) is 0 Å². The minimum Gasteiger partial charge on any atom is -0.371 e. The number of nitrogens with zero attached hydrogens (tertiary/aromatic N) is 4. The molecule has 0 spiro atoms. The van der Waals surface area contributed by atoms with Gasteiger partial charge in [0, 0.05) is 19.7 Å². The summed E-state index contributed by atoms with van der Waals surface area (Å²) in [4.78, 5) is 5.69. The first-order valence-electron chi connectivity index (χ1n) is 5.57. The molecular formula is C11H10BrF3N4. The predicted octanol–water partition coefficient (Wildman–Crippen LogP) is 2.76. The molecule has 0 bridgehead atoms. The van der Waals surface area contributed by atoms with Gasteiger partial charge in [0.15, 0.2) is 5.65 Å². The van der Waals surface area contributed by atoms with Gasteiger partial charge in [-0.1, -0.05) is 0 Å². The summed E-state index contributed by atoms with van der Waals surface area (Å²) >= 11 is 3.17. The van der Waals surface area contributed by atoms with Crippen molar-refractivity contribution in [2.24, 2.45) is 0 Å². The molecule has 0 amide bonds. The summed E-state index contributed by atoms with van der Waals surface area (Å²) in [7, 11) is 1.63. The van der Waals surface area contributed by atoms with Gasteiger partial charge in [-0.2, -0.15) is 18.3 Å². The standard InChI is InChI=1S/C11H10BrF3N4/c1-10(11(13,14)15)5-18(2)6-4-16-8-3-7(12)17-19(8)9(6)10/h3-4H,5H2,1-2H3. The van der Waals surface area contributed by atoms with E-state index >= 15 is 0 Å².